The smallest absolute Gasteiger partial charge is 0.140 e. The average molecular weight is 175 g/mol. The normalized spacial score (nSPS) is 9.54. The molecule has 0 amide bonds. The number of rotatable bonds is 4. The van der Waals surface area contributed by atoms with Gasteiger partial charge in [0.1, 0.15) is 5.78 Å². The fraction of sp³-hybridized carbons (Fsp3) is 0.182. The maximum Gasteiger partial charge on any atom is 0.140 e. The quantitative estimate of drug-likeness (QED) is 0.561. The van der Waals surface area contributed by atoms with Gasteiger partial charge in [0.25, 0.3) is 0 Å². The van der Waals surface area contributed by atoms with E-state index in [1.54, 1.807) is 6.08 Å². The minimum absolute atomic E-state index is 0.167. The Morgan fingerprint density at radius 2 is 2.31 bits per heavy atom. The molecule has 0 heterocycles. The number of allylic oxidation sites excluding steroid dienone is 1. The second kappa shape index (κ2) is 4.45. The second-order valence-electron chi connectivity index (χ2n) is 2.95. The van der Waals surface area contributed by atoms with Crippen LogP contribution in [0, 0.1) is 0 Å². The molecule has 0 aliphatic rings. The van der Waals surface area contributed by atoms with Crippen molar-refractivity contribution in [1.29, 1.82) is 0 Å². The molecule has 0 aromatic heterocycles. The van der Waals surface area contributed by atoms with Crippen molar-refractivity contribution in [2.75, 3.05) is 5.73 Å². The maximum atomic E-state index is 11.2. The highest BCUT2D eigenvalue weighted by Gasteiger charge is 2.00. The minimum Gasteiger partial charge on any atom is -0.399 e. The van der Waals surface area contributed by atoms with Crippen LogP contribution < -0.4 is 5.73 Å². The molecule has 0 saturated heterocycles. The third-order valence-electron chi connectivity index (χ3n) is 1.72. The van der Waals surface area contributed by atoms with E-state index >= 15 is 0 Å². The molecule has 1 aromatic rings. The van der Waals surface area contributed by atoms with Crippen LogP contribution in [0.15, 0.2) is 36.9 Å². The van der Waals surface area contributed by atoms with E-state index in [9.17, 15) is 4.79 Å². The molecule has 2 N–H and O–H groups in total. The Hall–Kier alpha value is -1.57. The lowest BCUT2D eigenvalue weighted by atomic mass is 10.1. The number of benzene rings is 1. The van der Waals surface area contributed by atoms with Crippen LogP contribution in [0.4, 0.5) is 5.69 Å². The molecule has 68 valence electrons. The summed E-state index contributed by atoms with van der Waals surface area (Å²) < 4.78 is 0. The van der Waals surface area contributed by atoms with Crippen molar-refractivity contribution in [3.8, 4) is 0 Å². The number of hydrogen-bond donors (Lipinski definition) is 1. The number of carbonyl (C=O) groups is 1. The predicted octanol–water partition coefficient (Wildman–Crippen LogP) is 1.96. The predicted molar refractivity (Wildman–Crippen MR) is 54.4 cm³/mol. The van der Waals surface area contributed by atoms with Crippen LogP contribution in [0.25, 0.3) is 0 Å². The van der Waals surface area contributed by atoms with E-state index in [1.165, 1.54) is 0 Å². The maximum absolute atomic E-state index is 11.2. The van der Waals surface area contributed by atoms with Crippen LogP contribution in [-0.4, -0.2) is 5.78 Å². The molecule has 0 radical (unpaired) electrons. The Morgan fingerprint density at radius 1 is 1.54 bits per heavy atom. The summed E-state index contributed by atoms with van der Waals surface area (Å²) >= 11 is 0. The molecule has 0 fully saturated rings. The molecule has 0 unspecified atom stereocenters. The van der Waals surface area contributed by atoms with Gasteiger partial charge in [-0.2, -0.15) is 0 Å². The molecule has 2 heteroatoms. The molecule has 2 nitrogen and oxygen atoms in total. The zero-order chi connectivity index (χ0) is 9.68. The summed E-state index contributed by atoms with van der Waals surface area (Å²) in [5, 5.41) is 0. The molecule has 1 aromatic carbocycles. The van der Waals surface area contributed by atoms with E-state index in [0.717, 1.165) is 5.56 Å². The minimum atomic E-state index is 0.167. The molecule has 13 heavy (non-hydrogen) atoms. The van der Waals surface area contributed by atoms with Crippen molar-refractivity contribution in [2.45, 2.75) is 12.8 Å². The van der Waals surface area contributed by atoms with Gasteiger partial charge in [-0.05, 0) is 17.7 Å². The molecule has 0 spiro atoms. The van der Waals surface area contributed by atoms with Crippen LogP contribution >= 0.6 is 0 Å². The Kier molecular flexibility index (Phi) is 3.26. The number of Topliss-reactive ketones (excluding diaryl/α,β-unsaturated/α-hetero) is 1. The van der Waals surface area contributed by atoms with E-state index in [1.807, 2.05) is 24.3 Å². The van der Waals surface area contributed by atoms with Crippen molar-refractivity contribution in [2.24, 2.45) is 0 Å². The molecule has 0 atom stereocenters. The number of nitrogens with two attached hydrogens (primary N) is 1. The van der Waals surface area contributed by atoms with E-state index < -0.39 is 0 Å². The second-order valence-corrected chi connectivity index (χ2v) is 2.95. The van der Waals surface area contributed by atoms with Crippen LogP contribution in [-0.2, 0) is 11.2 Å². The Balaban J connectivity index is 2.63. The van der Waals surface area contributed by atoms with Gasteiger partial charge in [0.2, 0.25) is 0 Å². The monoisotopic (exact) mass is 175 g/mol. The zero-order valence-electron chi connectivity index (χ0n) is 7.49. The highest BCUT2D eigenvalue weighted by atomic mass is 16.1. The van der Waals surface area contributed by atoms with Crippen LogP contribution in [0.1, 0.15) is 12.0 Å². The van der Waals surface area contributed by atoms with Gasteiger partial charge in [-0.3, -0.25) is 4.79 Å². The van der Waals surface area contributed by atoms with Gasteiger partial charge >= 0.3 is 0 Å². The molecule has 0 aliphatic carbocycles. The van der Waals surface area contributed by atoms with Crippen molar-refractivity contribution in [1.82, 2.24) is 0 Å². The molecule has 1 rings (SSSR count). The first-order chi connectivity index (χ1) is 6.22. The molecular weight excluding hydrogens is 162 g/mol. The lowest BCUT2D eigenvalue weighted by Gasteiger charge is -1.99. The number of ketones is 1. The van der Waals surface area contributed by atoms with Gasteiger partial charge in [-0.15, -0.1) is 6.58 Å². The first kappa shape index (κ1) is 9.52. The van der Waals surface area contributed by atoms with E-state index in [4.69, 9.17) is 5.73 Å². The van der Waals surface area contributed by atoms with Gasteiger partial charge < -0.3 is 5.73 Å². The van der Waals surface area contributed by atoms with E-state index in [0.29, 0.717) is 18.5 Å². The van der Waals surface area contributed by atoms with Crippen LogP contribution in [0.3, 0.4) is 0 Å². The molecule has 0 bridgehead atoms. The highest BCUT2D eigenvalue weighted by Crippen LogP contribution is 2.08. The van der Waals surface area contributed by atoms with Gasteiger partial charge in [0.15, 0.2) is 0 Å². The van der Waals surface area contributed by atoms with Crippen LogP contribution in [0.5, 0.6) is 0 Å². The van der Waals surface area contributed by atoms with Crippen LogP contribution in [0.2, 0.25) is 0 Å². The summed E-state index contributed by atoms with van der Waals surface area (Å²) in [4.78, 5) is 11.2. The van der Waals surface area contributed by atoms with Gasteiger partial charge in [-0.1, -0.05) is 18.2 Å². The Labute approximate surface area is 78.1 Å². The summed E-state index contributed by atoms with van der Waals surface area (Å²) in [6.07, 6.45) is 2.49. The Morgan fingerprint density at radius 3 is 2.92 bits per heavy atom. The summed E-state index contributed by atoms with van der Waals surface area (Å²) in [6.45, 7) is 3.51. The lowest BCUT2D eigenvalue weighted by Crippen LogP contribution is -2.01. The van der Waals surface area contributed by atoms with Crippen molar-refractivity contribution >= 4 is 11.5 Å². The SMILES string of the molecule is C=CCC(=O)Cc1cccc(N)c1. The number of carbonyl (C=O) groups excluding carboxylic acids is 1. The topological polar surface area (TPSA) is 43.1 Å². The summed E-state index contributed by atoms with van der Waals surface area (Å²) in [6, 6.07) is 7.38. The lowest BCUT2D eigenvalue weighted by molar-refractivity contribution is -0.117. The summed E-state index contributed by atoms with van der Waals surface area (Å²) in [5.74, 6) is 0.167. The van der Waals surface area contributed by atoms with Gasteiger partial charge in [-0.25, -0.2) is 0 Å². The van der Waals surface area contributed by atoms with E-state index in [2.05, 4.69) is 6.58 Å². The fourth-order valence-corrected chi connectivity index (χ4v) is 1.16. The summed E-state index contributed by atoms with van der Waals surface area (Å²) in [7, 11) is 0. The van der Waals surface area contributed by atoms with Crippen molar-refractivity contribution in [3.05, 3.63) is 42.5 Å². The third kappa shape index (κ3) is 3.11. The molecule has 0 saturated carbocycles. The molecular formula is C11H13NO. The zero-order valence-corrected chi connectivity index (χ0v) is 7.49. The van der Waals surface area contributed by atoms with Gasteiger partial charge in [0, 0.05) is 18.5 Å². The summed E-state index contributed by atoms with van der Waals surface area (Å²) in [5.41, 5.74) is 7.24. The van der Waals surface area contributed by atoms with Crippen molar-refractivity contribution in [3.63, 3.8) is 0 Å². The molecule has 0 aliphatic heterocycles. The first-order valence-electron chi connectivity index (χ1n) is 4.19. The standard InChI is InChI=1S/C11H13NO/c1-2-4-11(13)8-9-5-3-6-10(12)7-9/h2-3,5-7H,1,4,8,12H2. The third-order valence-corrected chi connectivity index (χ3v) is 1.72. The average Bonchev–Trinajstić information content (AvgIpc) is 2.04. The number of anilines is 1. The highest BCUT2D eigenvalue weighted by molar-refractivity contribution is 5.82. The fourth-order valence-electron chi connectivity index (χ4n) is 1.16. The first-order valence-corrected chi connectivity index (χ1v) is 4.19. The van der Waals surface area contributed by atoms with E-state index in [-0.39, 0.29) is 5.78 Å². The Bertz CT molecular complexity index is 318. The van der Waals surface area contributed by atoms with Gasteiger partial charge in [0.05, 0.1) is 0 Å². The number of nitrogen functional groups attached to an aromatic ring is 1. The number of hydrogen-bond acceptors (Lipinski definition) is 2. The van der Waals surface area contributed by atoms with Crippen molar-refractivity contribution < 1.29 is 4.79 Å². The largest absolute Gasteiger partial charge is 0.399 e.